The molecule has 0 spiro atoms. The second-order valence-corrected chi connectivity index (χ2v) is 8.02. The van der Waals surface area contributed by atoms with Gasteiger partial charge in [-0.15, -0.1) is 0 Å². The molecule has 1 fully saturated rings. The Morgan fingerprint density at radius 2 is 1.86 bits per heavy atom. The van der Waals surface area contributed by atoms with Crippen molar-refractivity contribution in [2.24, 2.45) is 0 Å². The SMILES string of the molecule is COc1ccc(C)c2sc(N3CCN(C(=O)CCOc4ccccc4)CC3)nc12. The number of ether oxygens (including phenoxy) is 2. The lowest BCUT2D eigenvalue weighted by molar-refractivity contribution is -0.132. The molecule has 0 unspecified atom stereocenters. The number of hydrogen-bond donors (Lipinski definition) is 0. The first kappa shape index (κ1) is 19.5. The number of benzene rings is 2. The van der Waals surface area contributed by atoms with E-state index in [0.717, 1.165) is 39.9 Å². The normalized spacial score (nSPS) is 14.3. The van der Waals surface area contributed by atoms with Gasteiger partial charge in [-0.1, -0.05) is 35.6 Å². The van der Waals surface area contributed by atoms with Crippen molar-refractivity contribution < 1.29 is 14.3 Å². The Hall–Kier alpha value is -2.80. The number of fused-ring (bicyclic) bond motifs is 1. The van der Waals surface area contributed by atoms with E-state index in [-0.39, 0.29) is 5.91 Å². The molecular formula is C22H25N3O3S. The molecule has 0 aliphatic carbocycles. The number of aryl methyl sites for hydroxylation is 1. The highest BCUT2D eigenvalue weighted by molar-refractivity contribution is 7.22. The zero-order chi connectivity index (χ0) is 20.2. The molecule has 4 rings (SSSR count). The minimum Gasteiger partial charge on any atom is -0.494 e. The van der Waals surface area contributed by atoms with Gasteiger partial charge in [0.25, 0.3) is 0 Å². The van der Waals surface area contributed by atoms with E-state index in [9.17, 15) is 4.79 Å². The van der Waals surface area contributed by atoms with Crippen molar-refractivity contribution in [3.63, 3.8) is 0 Å². The molecule has 2 heterocycles. The maximum atomic E-state index is 12.5. The Morgan fingerprint density at radius 3 is 2.59 bits per heavy atom. The lowest BCUT2D eigenvalue weighted by Gasteiger charge is -2.34. The Morgan fingerprint density at radius 1 is 1.10 bits per heavy atom. The van der Waals surface area contributed by atoms with Gasteiger partial charge in [-0.05, 0) is 30.7 Å². The molecule has 3 aromatic rings. The molecule has 2 aromatic carbocycles. The molecule has 0 N–H and O–H groups in total. The summed E-state index contributed by atoms with van der Waals surface area (Å²) in [6, 6.07) is 13.6. The molecule has 7 heteroatoms. The third-order valence-electron chi connectivity index (χ3n) is 5.14. The Balaban J connectivity index is 1.33. The number of anilines is 1. The van der Waals surface area contributed by atoms with Gasteiger partial charge in [0.15, 0.2) is 5.13 Å². The molecule has 1 saturated heterocycles. The first-order valence-corrected chi connectivity index (χ1v) is 10.6. The monoisotopic (exact) mass is 411 g/mol. The fourth-order valence-corrected chi connectivity index (χ4v) is 4.58. The number of para-hydroxylation sites is 1. The van der Waals surface area contributed by atoms with E-state index < -0.39 is 0 Å². The van der Waals surface area contributed by atoms with E-state index >= 15 is 0 Å². The molecule has 0 bridgehead atoms. The second-order valence-electron chi connectivity index (χ2n) is 7.04. The average Bonchev–Trinajstić information content (AvgIpc) is 3.21. The van der Waals surface area contributed by atoms with Gasteiger partial charge in [0.05, 0.1) is 24.8 Å². The lowest BCUT2D eigenvalue weighted by Crippen LogP contribution is -2.49. The van der Waals surface area contributed by atoms with Crippen LogP contribution >= 0.6 is 11.3 Å². The molecule has 6 nitrogen and oxygen atoms in total. The van der Waals surface area contributed by atoms with Gasteiger partial charge in [-0.25, -0.2) is 4.98 Å². The standard InChI is InChI=1S/C22H25N3O3S/c1-16-8-9-18(27-2)20-21(16)29-22(23-20)25-13-11-24(12-14-25)19(26)10-15-28-17-6-4-3-5-7-17/h3-9H,10-15H2,1-2H3. The van der Waals surface area contributed by atoms with Crippen LogP contribution in [0.15, 0.2) is 42.5 Å². The number of aromatic nitrogens is 1. The van der Waals surface area contributed by atoms with E-state index in [1.807, 2.05) is 41.3 Å². The van der Waals surface area contributed by atoms with Crippen LogP contribution < -0.4 is 14.4 Å². The molecule has 1 aromatic heterocycles. The average molecular weight is 412 g/mol. The van der Waals surface area contributed by atoms with Crippen LogP contribution in [0.1, 0.15) is 12.0 Å². The highest BCUT2D eigenvalue weighted by Gasteiger charge is 2.23. The molecule has 0 saturated carbocycles. The van der Waals surface area contributed by atoms with E-state index in [0.29, 0.717) is 26.1 Å². The number of carbonyl (C=O) groups excluding carboxylic acids is 1. The van der Waals surface area contributed by atoms with Crippen LogP contribution in [0.2, 0.25) is 0 Å². The number of rotatable bonds is 6. The molecule has 0 atom stereocenters. The first-order chi connectivity index (χ1) is 14.2. The van der Waals surface area contributed by atoms with Crippen molar-refractivity contribution in [2.45, 2.75) is 13.3 Å². The van der Waals surface area contributed by atoms with E-state index in [2.05, 4.69) is 17.9 Å². The van der Waals surface area contributed by atoms with Crippen LogP contribution in [0.25, 0.3) is 10.2 Å². The zero-order valence-corrected chi connectivity index (χ0v) is 17.6. The van der Waals surface area contributed by atoms with E-state index in [1.54, 1.807) is 18.4 Å². The number of thiazole rings is 1. The fraction of sp³-hybridized carbons (Fsp3) is 0.364. The largest absolute Gasteiger partial charge is 0.494 e. The number of amides is 1. The predicted octanol–water partition coefficient (Wildman–Crippen LogP) is 3.73. The summed E-state index contributed by atoms with van der Waals surface area (Å²) in [5.41, 5.74) is 2.13. The van der Waals surface area contributed by atoms with Gasteiger partial charge >= 0.3 is 0 Å². The Labute approximate surface area is 174 Å². The third kappa shape index (κ3) is 4.29. The third-order valence-corrected chi connectivity index (χ3v) is 6.39. The molecule has 1 aliphatic rings. The number of hydrogen-bond acceptors (Lipinski definition) is 6. The van der Waals surface area contributed by atoms with Gasteiger partial charge in [0.2, 0.25) is 5.91 Å². The Bertz CT molecular complexity index is 982. The van der Waals surface area contributed by atoms with Gasteiger partial charge in [-0.2, -0.15) is 0 Å². The summed E-state index contributed by atoms with van der Waals surface area (Å²) in [6.07, 6.45) is 0.395. The number of piperazine rings is 1. The van der Waals surface area contributed by atoms with Gasteiger partial charge in [0.1, 0.15) is 17.0 Å². The molecule has 29 heavy (non-hydrogen) atoms. The van der Waals surface area contributed by atoms with Crippen molar-refractivity contribution >= 4 is 32.6 Å². The summed E-state index contributed by atoms with van der Waals surface area (Å²) < 4.78 is 12.3. The topological polar surface area (TPSA) is 54.9 Å². The van der Waals surface area contributed by atoms with Crippen LogP contribution in [0.5, 0.6) is 11.5 Å². The summed E-state index contributed by atoms with van der Waals surface area (Å²) in [4.78, 5) is 21.5. The van der Waals surface area contributed by atoms with Gasteiger partial charge in [0, 0.05) is 26.2 Å². The molecular weight excluding hydrogens is 386 g/mol. The smallest absolute Gasteiger partial charge is 0.226 e. The lowest BCUT2D eigenvalue weighted by atomic mass is 10.2. The second kappa shape index (κ2) is 8.69. The van der Waals surface area contributed by atoms with Crippen LogP contribution in [0, 0.1) is 6.92 Å². The van der Waals surface area contributed by atoms with Gasteiger partial charge < -0.3 is 19.3 Å². The molecule has 1 amide bonds. The summed E-state index contributed by atoms with van der Waals surface area (Å²) in [5, 5.41) is 0.993. The molecule has 1 aliphatic heterocycles. The highest BCUT2D eigenvalue weighted by Crippen LogP contribution is 2.36. The minimum atomic E-state index is 0.141. The predicted molar refractivity (Wildman–Crippen MR) is 116 cm³/mol. The van der Waals surface area contributed by atoms with Crippen LogP contribution in [0.3, 0.4) is 0 Å². The van der Waals surface area contributed by atoms with Crippen LogP contribution in [-0.2, 0) is 4.79 Å². The summed E-state index contributed by atoms with van der Waals surface area (Å²) in [5.74, 6) is 1.74. The van der Waals surface area contributed by atoms with Crippen molar-refractivity contribution in [2.75, 3.05) is 44.8 Å². The van der Waals surface area contributed by atoms with Gasteiger partial charge in [-0.3, -0.25) is 4.79 Å². The summed E-state index contributed by atoms with van der Waals surface area (Å²) in [6.45, 7) is 5.48. The number of methoxy groups -OCH3 is 1. The number of nitrogens with zero attached hydrogens (tertiary/aromatic N) is 3. The van der Waals surface area contributed by atoms with Crippen molar-refractivity contribution in [1.82, 2.24) is 9.88 Å². The van der Waals surface area contributed by atoms with Crippen LogP contribution in [0.4, 0.5) is 5.13 Å². The Kier molecular flexibility index (Phi) is 5.85. The minimum absolute atomic E-state index is 0.141. The molecule has 0 radical (unpaired) electrons. The highest BCUT2D eigenvalue weighted by atomic mass is 32.1. The van der Waals surface area contributed by atoms with E-state index in [4.69, 9.17) is 14.5 Å². The quantitative estimate of drug-likeness (QED) is 0.619. The van der Waals surface area contributed by atoms with Crippen LogP contribution in [-0.4, -0.2) is 55.7 Å². The number of carbonyl (C=O) groups is 1. The summed E-state index contributed by atoms with van der Waals surface area (Å²) in [7, 11) is 1.68. The van der Waals surface area contributed by atoms with Crippen molar-refractivity contribution in [1.29, 1.82) is 0 Å². The fourth-order valence-electron chi connectivity index (χ4n) is 3.48. The van der Waals surface area contributed by atoms with Crippen molar-refractivity contribution in [3.05, 3.63) is 48.0 Å². The van der Waals surface area contributed by atoms with Crippen molar-refractivity contribution in [3.8, 4) is 11.5 Å². The van der Waals surface area contributed by atoms with E-state index in [1.165, 1.54) is 5.56 Å². The zero-order valence-electron chi connectivity index (χ0n) is 16.8. The summed E-state index contributed by atoms with van der Waals surface area (Å²) >= 11 is 1.69. The molecule has 152 valence electrons. The first-order valence-electron chi connectivity index (χ1n) is 9.80. The maximum Gasteiger partial charge on any atom is 0.226 e. The maximum absolute atomic E-state index is 12.5.